The summed E-state index contributed by atoms with van der Waals surface area (Å²) < 4.78 is 13.6. The lowest BCUT2D eigenvalue weighted by atomic mass is 10.0. The lowest BCUT2D eigenvalue weighted by molar-refractivity contribution is 0.0976. The molecule has 0 atom stereocenters. The van der Waals surface area contributed by atoms with Gasteiger partial charge in [-0.3, -0.25) is 57.8 Å². The van der Waals surface area contributed by atoms with Gasteiger partial charge in [-0.25, -0.2) is 23.0 Å². The second-order valence-corrected chi connectivity index (χ2v) is 31.4. The summed E-state index contributed by atoms with van der Waals surface area (Å²) in [6, 6.07) is 29.1. The Morgan fingerprint density at radius 1 is 0.314 bits per heavy atom. The molecule has 0 radical (unpaired) electrons. The van der Waals surface area contributed by atoms with Gasteiger partial charge in [0.05, 0.1) is 65.0 Å². The van der Waals surface area contributed by atoms with Gasteiger partial charge in [0.1, 0.15) is 22.8 Å². The van der Waals surface area contributed by atoms with Crippen molar-refractivity contribution in [2.75, 3.05) is 72.0 Å². The fraction of sp³-hybridized carbons (Fsp3) is 0.330. The van der Waals surface area contributed by atoms with Crippen molar-refractivity contribution in [3.63, 3.8) is 0 Å². The summed E-state index contributed by atoms with van der Waals surface area (Å²) in [7, 11) is 7.14. The third-order valence-electron chi connectivity index (χ3n) is 22.1. The zero-order valence-corrected chi connectivity index (χ0v) is 69.3. The Bertz CT molecular complexity index is 6060. The molecule has 0 unspecified atom stereocenters. The molecule has 16 aromatic heterocycles. The zero-order valence-electron chi connectivity index (χ0n) is 69.3. The average Bonchev–Trinajstić information content (AvgIpc) is 1.68. The molecule has 4 saturated heterocycles. The summed E-state index contributed by atoms with van der Waals surface area (Å²) >= 11 is 0. The minimum absolute atomic E-state index is 0.000379. The first-order valence-electron chi connectivity index (χ1n) is 41.0. The van der Waals surface area contributed by atoms with Gasteiger partial charge < -0.3 is 19.6 Å². The van der Waals surface area contributed by atoms with Crippen LogP contribution in [0.15, 0.2) is 159 Å². The van der Waals surface area contributed by atoms with E-state index in [4.69, 9.17) is 0 Å². The third kappa shape index (κ3) is 17.4. The van der Waals surface area contributed by atoms with Gasteiger partial charge in [-0.05, 0) is 204 Å². The van der Waals surface area contributed by atoms with E-state index in [2.05, 4.69) is 105 Å². The Morgan fingerprint density at radius 2 is 0.645 bits per heavy atom. The van der Waals surface area contributed by atoms with Crippen LogP contribution < -0.4 is 19.6 Å². The van der Waals surface area contributed by atoms with Gasteiger partial charge in [-0.15, -0.1) is 20.4 Å². The molecule has 0 aromatic carbocycles. The molecule has 0 aliphatic carbocycles. The van der Waals surface area contributed by atoms with Crippen molar-refractivity contribution in [1.82, 2.24) is 122 Å². The van der Waals surface area contributed by atoms with Crippen LogP contribution in [0.4, 0.5) is 23.8 Å². The van der Waals surface area contributed by atoms with Crippen LogP contribution in [-0.2, 0) is 53.9 Å². The molecule has 0 amide bonds. The van der Waals surface area contributed by atoms with E-state index in [1.165, 1.54) is 51.4 Å². The number of aryl methyl sites for hydroxylation is 9. The minimum atomic E-state index is -0.0306. The standard InChI is InChI=1S/C23H25N7O.2C22H23N7O.C21H22N8O/c1-15-10-16(2)25-19(11-15)18-14-24-28(3)22(18)20(31)12-17-6-9-30-21(13-17)26-23(27-30)29-7-4-5-8-29;1-15-5-7-23-18(11-15)17-14-24-27(2)21(17)19(30)12-16-6-10-29-20(13-16)25-22(26-29)28-8-3-4-9-28;1-15-6-5-7-18(24-15)17-14-23-27(2)21(17)19(30)12-16-8-11-29-20(13-16)25-22(26-29)28-9-3-4-10-28;1-14-11-22-13-17(24-14)16-12-23-27(2)20(16)18(30)9-15-5-8-29-19(10-15)25-21(26-29)28-6-3-4-7-28/h6,9-11,13-14H,4-5,7-8,12H2,1-3H3;5-7,10-11,13-14H,3-4,8-9,12H2,1-2H3;5-8,11,13-14H,3-4,9-10,12H2,1-2H3;5,8,10-13H,3-4,6-7,9H2,1-2H3. The molecular formula is C88H93N29O4. The number of aromatic nitrogens is 25. The van der Waals surface area contributed by atoms with Crippen LogP contribution in [0.3, 0.4) is 0 Å². The molecule has 4 aliphatic rings. The molecule has 16 aromatic rings. The maximum Gasteiger partial charge on any atom is 0.245 e. The molecule has 614 valence electrons. The molecule has 20 rings (SSSR count). The van der Waals surface area contributed by atoms with Crippen molar-refractivity contribution >= 4 is 69.5 Å². The zero-order chi connectivity index (χ0) is 83.5. The Kier molecular flexibility index (Phi) is 22.5. The number of hydrogen-bond acceptors (Lipinski definition) is 25. The van der Waals surface area contributed by atoms with Crippen molar-refractivity contribution in [2.45, 2.75) is 112 Å². The number of rotatable bonds is 20. The number of nitrogens with zero attached hydrogens (tertiary/aromatic N) is 29. The van der Waals surface area contributed by atoms with Crippen LogP contribution in [-0.4, -0.2) is 198 Å². The number of hydrogen-bond donors (Lipinski definition) is 0. The van der Waals surface area contributed by atoms with Crippen LogP contribution in [0.25, 0.3) is 67.6 Å². The average molecular weight is 1620 g/mol. The minimum Gasteiger partial charge on any atom is -0.340 e. The largest absolute Gasteiger partial charge is 0.340 e. The summed E-state index contributed by atoms with van der Waals surface area (Å²) in [5, 5.41) is 35.5. The molecule has 33 heteroatoms. The Balaban J connectivity index is 0.000000115. The number of carbonyl (C=O) groups is 4. The van der Waals surface area contributed by atoms with Crippen molar-refractivity contribution in [3.8, 4) is 45.0 Å². The summed E-state index contributed by atoms with van der Waals surface area (Å²) in [5.41, 5.74) is 19.5. The van der Waals surface area contributed by atoms with E-state index in [0.29, 0.717) is 34.0 Å². The second kappa shape index (κ2) is 34.4. The van der Waals surface area contributed by atoms with E-state index in [1.54, 1.807) is 108 Å². The third-order valence-corrected chi connectivity index (χ3v) is 22.1. The molecule has 20 heterocycles. The molecule has 33 nitrogen and oxygen atoms in total. The van der Waals surface area contributed by atoms with Crippen molar-refractivity contribution in [3.05, 3.63) is 232 Å². The Morgan fingerprint density at radius 3 is 0.992 bits per heavy atom. The normalized spacial score (nSPS) is 14.0. The molecular weight excluding hydrogens is 1530 g/mol. The number of carbonyl (C=O) groups excluding carboxylic acids is 4. The second-order valence-electron chi connectivity index (χ2n) is 31.4. The SMILES string of the molecule is Cc1cc(C)nc(-c2cnn(C)c2C(=O)Cc2ccn3nc(N4CCCC4)nc3c2)c1.Cc1cccc(-c2cnn(C)c2C(=O)Cc2ccn3nc(N4CCCC4)nc3c2)n1.Cc1ccnc(-c2cnn(C)c2C(=O)Cc2ccn3nc(N4CCCC4)nc3c2)c1.Cc1cncc(-c2cnn(C)c2C(=O)Cc2ccn3nc(N4CCCC4)nc3c2)n1. The van der Waals surface area contributed by atoms with E-state index in [-0.39, 0.29) is 48.8 Å². The molecule has 121 heavy (non-hydrogen) atoms. The highest BCUT2D eigenvalue weighted by Crippen LogP contribution is 2.31. The highest BCUT2D eigenvalue weighted by atomic mass is 16.1. The first-order chi connectivity index (χ1) is 58.7. The number of anilines is 4. The first-order valence-corrected chi connectivity index (χ1v) is 41.0. The number of fused-ring (bicyclic) bond motifs is 4. The van der Waals surface area contributed by atoms with E-state index >= 15 is 0 Å². The van der Waals surface area contributed by atoms with Gasteiger partial charge in [-0.2, -0.15) is 40.3 Å². The molecule has 4 aliphatic heterocycles. The fourth-order valence-electron chi connectivity index (χ4n) is 16.1. The molecule has 0 N–H and O–H groups in total. The van der Waals surface area contributed by atoms with Gasteiger partial charge in [0, 0.05) is 171 Å². The van der Waals surface area contributed by atoms with Crippen LogP contribution in [0.2, 0.25) is 0 Å². The van der Waals surface area contributed by atoms with Crippen LogP contribution >= 0.6 is 0 Å². The van der Waals surface area contributed by atoms with Crippen LogP contribution in [0, 0.1) is 34.6 Å². The van der Waals surface area contributed by atoms with E-state index < -0.39 is 0 Å². The predicted molar refractivity (Wildman–Crippen MR) is 457 cm³/mol. The molecule has 0 bridgehead atoms. The number of pyridine rings is 7. The van der Waals surface area contributed by atoms with Crippen molar-refractivity contribution in [1.29, 1.82) is 0 Å². The Labute approximate surface area is 696 Å². The summed E-state index contributed by atoms with van der Waals surface area (Å²) in [6.45, 7) is 17.8. The number of Topliss-reactive ketones (excluding diaryl/α,β-unsaturated/α-hetero) is 4. The van der Waals surface area contributed by atoms with E-state index in [1.807, 2.05) is 150 Å². The monoisotopic (exact) mass is 1620 g/mol. The summed E-state index contributed by atoms with van der Waals surface area (Å²) in [5.74, 6) is 3.00. The predicted octanol–water partition coefficient (Wildman–Crippen LogP) is 11.1. The lowest BCUT2D eigenvalue weighted by Crippen LogP contribution is -2.19. The van der Waals surface area contributed by atoms with Gasteiger partial charge in [0.25, 0.3) is 0 Å². The van der Waals surface area contributed by atoms with Gasteiger partial charge in [0.15, 0.2) is 45.7 Å². The van der Waals surface area contributed by atoms with Crippen LogP contribution in [0.5, 0.6) is 0 Å². The van der Waals surface area contributed by atoms with Gasteiger partial charge in [0.2, 0.25) is 23.8 Å². The molecule has 0 saturated carbocycles. The quantitative estimate of drug-likeness (QED) is 0.0640. The van der Waals surface area contributed by atoms with Gasteiger partial charge in [-0.1, -0.05) is 6.07 Å². The summed E-state index contributed by atoms with van der Waals surface area (Å²) in [6.07, 6.45) is 29.8. The van der Waals surface area contributed by atoms with E-state index in [9.17, 15) is 19.2 Å². The van der Waals surface area contributed by atoms with Crippen molar-refractivity contribution in [2.24, 2.45) is 28.2 Å². The smallest absolute Gasteiger partial charge is 0.245 e. The first kappa shape index (κ1) is 79.2. The highest BCUT2D eigenvalue weighted by Gasteiger charge is 2.28. The fourth-order valence-corrected chi connectivity index (χ4v) is 16.1. The van der Waals surface area contributed by atoms with E-state index in [0.717, 1.165) is 183 Å². The van der Waals surface area contributed by atoms with Gasteiger partial charge >= 0.3 is 0 Å². The van der Waals surface area contributed by atoms with Crippen LogP contribution in [0.1, 0.15) is 144 Å². The lowest BCUT2D eigenvalue weighted by Gasteiger charge is -2.10. The summed E-state index contributed by atoms with van der Waals surface area (Å²) in [4.78, 5) is 103. The maximum atomic E-state index is 13.3. The topological polar surface area (TPSA) is 338 Å². The maximum absolute atomic E-state index is 13.3. The number of ketones is 4. The highest BCUT2D eigenvalue weighted by molar-refractivity contribution is 6.04. The molecule has 4 fully saturated rings. The van der Waals surface area contributed by atoms with Crippen molar-refractivity contribution < 1.29 is 19.2 Å². The molecule has 0 spiro atoms. The Hall–Kier alpha value is -14.3.